The molecular weight excluding hydrogens is 421 g/mol. The standard InChI is InChI=1S/C20H10ClF3N4O2/c21-13-4-3-12-11(7-26-18(12)17(13)24)5-14-19(29)28(20(30)27-14)8-10-2-1-9(6-25)15(22)16(10)23/h1-5,7,26H,8H2,(H,27,30)/b14-5-. The Hall–Kier alpha value is -3.77. The molecule has 3 amide bonds. The molecule has 4 rings (SSSR count). The number of rotatable bonds is 3. The van der Waals surface area contributed by atoms with Crippen molar-refractivity contribution in [2.45, 2.75) is 6.54 Å². The Labute approximate surface area is 172 Å². The molecule has 0 saturated carbocycles. The van der Waals surface area contributed by atoms with E-state index in [2.05, 4.69) is 10.3 Å². The minimum atomic E-state index is -1.35. The number of urea groups is 1. The first-order valence-corrected chi connectivity index (χ1v) is 8.86. The Morgan fingerprint density at radius 3 is 2.60 bits per heavy atom. The molecule has 30 heavy (non-hydrogen) atoms. The largest absolute Gasteiger partial charge is 0.358 e. The van der Waals surface area contributed by atoms with Crippen molar-refractivity contribution in [1.82, 2.24) is 15.2 Å². The summed E-state index contributed by atoms with van der Waals surface area (Å²) in [5.41, 5.74) is -0.314. The van der Waals surface area contributed by atoms with Gasteiger partial charge in [-0.15, -0.1) is 0 Å². The zero-order chi connectivity index (χ0) is 21.6. The molecule has 2 heterocycles. The minimum Gasteiger partial charge on any atom is -0.358 e. The molecule has 2 aromatic carbocycles. The van der Waals surface area contributed by atoms with Gasteiger partial charge in [-0.3, -0.25) is 9.69 Å². The quantitative estimate of drug-likeness (QED) is 0.482. The SMILES string of the molecule is N#Cc1ccc(CN2C(=O)N/C(=C\c3c[nH]c4c(F)c(Cl)ccc34)C2=O)c(F)c1F. The molecule has 0 radical (unpaired) electrons. The molecular formula is C20H10ClF3N4O2. The Morgan fingerprint density at radius 2 is 1.87 bits per heavy atom. The predicted octanol–water partition coefficient (Wildman–Crippen LogP) is 4.20. The lowest BCUT2D eigenvalue weighted by atomic mass is 10.1. The minimum absolute atomic E-state index is 0.0725. The van der Waals surface area contributed by atoms with E-state index in [0.29, 0.717) is 15.8 Å². The molecule has 1 fully saturated rings. The van der Waals surface area contributed by atoms with E-state index in [-0.39, 0.29) is 21.8 Å². The van der Waals surface area contributed by atoms with Crippen LogP contribution in [-0.2, 0) is 11.3 Å². The van der Waals surface area contributed by atoms with Crippen LogP contribution in [0.4, 0.5) is 18.0 Å². The summed E-state index contributed by atoms with van der Waals surface area (Å²) in [5.74, 6) is -4.08. The smallest absolute Gasteiger partial charge is 0.329 e. The summed E-state index contributed by atoms with van der Waals surface area (Å²) in [7, 11) is 0. The number of halogens is 4. The van der Waals surface area contributed by atoms with Gasteiger partial charge >= 0.3 is 6.03 Å². The van der Waals surface area contributed by atoms with Crippen molar-refractivity contribution in [2.75, 3.05) is 0 Å². The number of H-pyrrole nitrogens is 1. The van der Waals surface area contributed by atoms with E-state index < -0.39 is 41.5 Å². The lowest BCUT2D eigenvalue weighted by molar-refractivity contribution is -0.123. The highest BCUT2D eigenvalue weighted by molar-refractivity contribution is 6.31. The van der Waals surface area contributed by atoms with Gasteiger partial charge in [0.05, 0.1) is 22.6 Å². The van der Waals surface area contributed by atoms with Gasteiger partial charge in [0, 0.05) is 22.7 Å². The molecule has 0 unspecified atom stereocenters. The Balaban J connectivity index is 1.65. The van der Waals surface area contributed by atoms with E-state index in [1.54, 1.807) is 6.07 Å². The third kappa shape index (κ3) is 3.07. The number of amides is 3. The van der Waals surface area contributed by atoms with Gasteiger partial charge in [0.1, 0.15) is 11.8 Å². The highest BCUT2D eigenvalue weighted by Crippen LogP contribution is 2.28. The molecule has 1 aliphatic rings. The maximum Gasteiger partial charge on any atom is 0.329 e. The summed E-state index contributed by atoms with van der Waals surface area (Å²) in [4.78, 5) is 28.2. The number of nitriles is 1. The van der Waals surface area contributed by atoms with Gasteiger partial charge in [-0.05, 0) is 18.2 Å². The van der Waals surface area contributed by atoms with Gasteiger partial charge in [0.15, 0.2) is 17.5 Å². The highest BCUT2D eigenvalue weighted by atomic mass is 35.5. The summed E-state index contributed by atoms with van der Waals surface area (Å²) in [6, 6.07) is 5.78. The van der Waals surface area contributed by atoms with E-state index in [1.807, 2.05) is 0 Å². The third-order valence-electron chi connectivity index (χ3n) is 4.65. The summed E-state index contributed by atoms with van der Waals surface area (Å²) < 4.78 is 42.0. The number of aromatic amines is 1. The first-order valence-electron chi connectivity index (χ1n) is 8.48. The molecule has 1 saturated heterocycles. The number of carbonyl (C=O) groups is 2. The van der Waals surface area contributed by atoms with Crippen LogP contribution < -0.4 is 5.32 Å². The van der Waals surface area contributed by atoms with Crippen LogP contribution in [0, 0.1) is 28.8 Å². The fourth-order valence-electron chi connectivity index (χ4n) is 3.12. The molecule has 0 bridgehead atoms. The molecule has 1 aromatic heterocycles. The summed E-state index contributed by atoms with van der Waals surface area (Å²) in [6.07, 6.45) is 2.77. The average Bonchev–Trinajstić information content (AvgIpc) is 3.25. The second-order valence-corrected chi connectivity index (χ2v) is 6.83. The Morgan fingerprint density at radius 1 is 1.10 bits per heavy atom. The van der Waals surface area contributed by atoms with Crippen LogP contribution in [0.2, 0.25) is 5.02 Å². The summed E-state index contributed by atoms with van der Waals surface area (Å²) in [5, 5.41) is 11.5. The van der Waals surface area contributed by atoms with E-state index in [0.717, 1.165) is 12.1 Å². The van der Waals surface area contributed by atoms with Crippen LogP contribution in [0.1, 0.15) is 16.7 Å². The molecule has 0 aliphatic carbocycles. The van der Waals surface area contributed by atoms with Crippen molar-refractivity contribution >= 4 is 40.5 Å². The third-order valence-corrected chi connectivity index (χ3v) is 4.94. The zero-order valence-electron chi connectivity index (χ0n) is 14.9. The van der Waals surface area contributed by atoms with Gasteiger partial charge in [0.2, 0.25) is 0 Å². The van der Waals surface area contributed by atoms with Crippen molar-refractivity contribution in [2.24, 2.45) is 0 Å². The fraction of sp³-hybridized carbons (Fsp3) is 0.0500. The first kappa shape index (κ1) is 19.5. The maximum atomic E-state index is 14.1. The van der Waals surface area contributed by atoms with Gasteiger partial charge in [-0.25, -0.2) is 18.0 Å². The molecule has 150 valence electrons. The lowest BCUT2D eigenvalue weighted by Gasteiger charge is -2.13. The number of aromatic nitrogens is 1. The molecule has 10 heteroatoms. The van der Waals surface area contributed by atoms with Crippen LogP contribution >= 0.6 is 11.6 Å². The van der Waals surface area contributed by atoms with Crippen LogP contribution in [0.25, 0.3) is 17.0 Å². The molecule has 6 nitrogen and oxygen atoms in total. The molecule has 1 aliphatic heterocycles. The van der Waals surface area contributed by atoms with Crippen LogP contribution in [-0.4, -0.2) is 21.8 Å². The van der Waals surface area contributed by atoms with E-state index in [9.17, 15) is 22.8 Å². The van der Waals surface area contributed by atoms with Crippen LogP contribution in [0.3, 0.4) is 0 Å². The monoisotopic (exact) mass is 430 g/mol. The predicted molar refractivity (Wildman–Crippen MR) is 101 cm³/mol. The number of hydrogen-bond acceptors (Lipinski definition) is 3. The molecule has 3 aromatic rings. The Kier molecular flexibility index (Phi) is 4.72. The van der Waals surface area contributed by atoms with Crippen LogP contribution in [0.15, 0.2) is 36.2 Å². The number of fused-ring (bicyclic) bond motifs is 1. The van der Waals surface area contributed by atoms with Gasteiger partial charge in [-0.2, -0.15) is 5.26 Å². The van der Waals surface area contributed by atoms with Crippen molar-refractivity contribution < 1.29 is 22.8 Å². The fourth-order valence-corrected chi connectivity index (χ4v) is 3.28. The van der Waals surface area contributed by atoms with E-state index in [1.165, 1.54) is 24.4 Å². The van der Waals surface area contributed by atoms with Crippen molar-refractivity contribution in [1.29, 1.82) is 5.26 Å². The second-order valence-electron chi connectivity index (χ2n) is 6.42. The van der Waals surface area contributed by atoms with Gasteiger partial charge < -0.3 is 10.3 Å². The Bertz CT molecular complexity index is 1310. The topological polar surface area (TPSA) is 89.0 Å². The molecule has 2 N–H and O–H groups in total. The van der Waals surface area contributed by atoms with Gasteiger partial charge in [-0.1, -0.05) is 23.7 Å². The maximum absolute atomic E-state index is 14.1. The highest BCUT2D eigenvalue weighted by Gasteiger charge is 2.34. The summed E-state index contributed by atoms with van der Waals surface area (Å²) >= 11 is 5.75. The molecule has 0 atom stereocenters. The van der Waals surface area contributed by atoms with E-state index in [4.69, 9.17) is 16.9 Å². The summed E-state index contributed by atoms with van der Waals surface area (Å²) in [6.45, 7) is -0.533. The lowest BCUT2D eigenvalue weighted by Crippen LogP contribution is -2.30. The number of nitrogens with zero attached hydrogens (tertiary/aromatic N) is 2. The van der Waals surface area contributed by atoms with Crippen molar-refractivity contribution in [3.8, 4) is 6.07 Å². The van der Waals surface area contributed by atoms with E-state index >= 15 is 0 Å². The normalized spacial score (nSPS) is 15.2. The molecule has 0 spiro atoms. The van der Waals surface area contributed by atoms with Crippen LogP contribution in [0.5, 0.6) is 0 Å². The number of hydrogen-bond donors (Lipinski definition) is 2. The number of benzene rings is 2. The zero-order valence-corrected chi connectivity index (χ0v) is 15.6. The second kappa shape index (κ2) is 7.24. The number of imide groups is 1. The average molecular weight is 431 g/mol. The van der Waals surface area contributed by atoms with Crippen molar-refractivity contribution in [3.63, 3.8) is 0 Å². The first-order chi connectivity index (χ1) is 14.3. The number of nitrogens with one attached hydrogen (secondary N) is 2. The number of carbonyl (C=O) groups excluding carboxylic acids is 2. The van der Waals surface area contributed by atoms with Crippen molar-refractivity contribution in [3.05, 3.63) is 75.3 Å². The van der Waals surface area contributed by atoms with Gasteiger partial charge in [0.25, 0.3) is 5.91 Å².